The molecule has 4 N–H and O–H groups in total. The molecule has 0 aliphatic rings. The van der Waals surface area contributed by atoms with Gasteiger partial charge in [-0.2, -0.15) is 0 Å². The molecule has 0 saturated heterocycles. The second-order valence-electron chi connectivity index (χ2n) is 2.43. The molecule has 0 rings (SSSR count). The third kappa shape index (κ3) is 22.4. The zero-order valence-electron chi connectivity index (χ0n) is 8.69. The maximum Gasteiger partial charge on any atom is 0.241 e. The van der Waals surface area contributed by atoms with E-state index in [2.05, 4.69) is 0 Å². The quantitative estimate of drug-likeness (QED) is 0.657. The molecule has 0 fully saturated rings. The minimum absolute atomic E-state index is 0.373. The molecule has 0 spiro atoms. The van der Waals surface area contributed by atoms with E-state index in [1.54, 1.807) is 12.2 Å². The number of carbonyl (C=O) groups excluding carboxylic acids is 2. The highest BCUT2D eigenvalue weighted by Gasteiger charge is 1.76. The Balaban J connectivity index is 0. The van der Waals surface area contributed by atoms with Crippen LogP contribution in [-0.4, -0.2) is 11.8 Å². The fourth-order valence-corrected chi connectivity index (χ4v) is 0.468. The molecule has 14 heavy (non-hydrogen) atoms. The van der Waals surface area contributed by atoms with E-state index >= 15 is 0 Å². The summed E-state index contributed by atoms with van der Waals surface area (Å²) < 4.78 is 0. The molecule has 0 aliphatic heterocycles. The Hall–Kier alpha value is -1.58. The predicted octanol–water partition coefficient (Wildman–Crippen LogP) is 0.876. The van der Waals surface area contributed by atoms with Gasteiger partial charge in [-0.3, -0.25) is 9.59 Å². The Morgan fingerprint density at radius 1 is 0.929 bits per heavy atom. The van der Waals surface area contributed by atoms with Crippen LogP contribution in [0.15, 0.2) is 24.3 Å². The number of rotatable bonds is 4. The van der Waals surface area contributed by atoms with Crippen molar-refractivity contribution in [3.8, 4) is 0 Å². The van der Waals surface area contributed by atoms with Crippen LogP contribution in [0.5, 0.6) is 0 Å². The van der Waals surface area contributed by atoms with E-state index < -0.39 is 0 Å². The van der Waals surface area contributed by atoms with Gasteiger partial charge in [0.25, 0.3) is 0 Å². The van der Waals surface area contributed by atoms with Gasteiger partial charge in [-0.25, -0.2) is 0 Å². The zero-order valence-corrected chi connectivity index (χ0v) is 8.69. The van der Waals surface area contributed by atoms with E-state index in [0.717, 1.165) is 12.8 Å². The first-order chi connectivity index (χ1) is 6.54. The van der Waals surface area contributed by atoms with Crippen LogP contribution >= 0.6 is 0 Å². The largest absolute Gasteiger partial charge is 0.366 e. The van der Waals surface area contributed by atoms with E-state index in [4.69, 9.17) is 11.5 Å². The standard InChI is InChI=1S/2C5H9NO/c2*1-2-3-4-5(6)7/h2*3-4H,2H2,1H3,(H2,6,7). The first-order valence-corrected chi connectivity index (χ1v) is 4.46. The summed E-state index contributed by atoms with van der Waals surface area (Å²) in [7, 11) is 0. The lowest BCUT2D eigenvalue weighted by Crippen LogP contribution is -2.04. The van der Waals surface area contributed by atoms with Crippen LogP contribution < -0.4 is 11.5 Å². The number of nitrogens with two attached hydrogens (primary N) is 2. The van der Waals surface area contributed by atoms with Crippen molar-refractivity contribution in [2.24, 2.45) is 11.5 Å². The lowest BCUT2D eigenvalue weighted by Gasteiger charge is -1.74. The summed E-state index contributed by atoms with van der Waals surface area (Å²) in [5.74, 6) is -0.747. The Labute approximate surface area is 84.7 Å². The molecular formula is C10H18N2O2. The molecular weight excluding hydrogens is 180 g/mol. The van der Waals surface area contributed by atoms with Crippen LogP contribution in [0.25, 0.3) is 0 Å². The van der Waals surface area contributed by atoms with Crippen molar-refractivity contribution in [1.82, 2.24) is 0 Å². The zero-order chi connectivity index (χ0) is 11.4. The van der Waals surface area contributed by atoms with Gasteiger partial charge in [-0.15, -0.1) is 0 Å². The second kappa shape index (κ2) is 11.4. The summed E-state index contributed by atoms with van der Waals surface area (Å²) in [6.07, 6.45) is 7.90. The summed E-state index contributed by atoms with van der Waals surface area (Å²) in [4.78, 5) is 19.8. The Kier molecular flexibility index (Phi) is 12.2. The van der Waals surface area contributed by atoms with Crippen LogP contribution in [0, 0.1) is 0 Å². The van der Waals surface area contributed by atoms with E-state index in [0.29, 0.717) is 0 Å². The molecule has 0 heterocycles. The first-order valence-electron chi connectivity index (χ1n) is 4.46. The van der Waals surface area contributed by atoms with Gasteiger partial charge in [0.05, 0.1) is 0 Å². The van der Waals surface area contributed by atoms with Gasteiger partial charge >= 0.3 is 0 Å². The number of hydrogen-bond acceptors (Lipinski definition) is 2. The molecule has 0 radical (unpaired) electrons. The van der Waals surface area contributed by atoms with Crippen molar-refractivity contribution in [3.05, 3.63) is 24.3 Å². The van der Waals surface area contributed by atoms with Crippen LogP contribution in [0.1, 0.15) is 26.7 Å². The SMILES string of the molecule is CCC=CC(N)=O.CCC=CC(N)=O. The lowest BCUT2D eigenvalue weighted by atomic mass is 10.4. The molecule has 4 nitrogen and oxygen atoms in total. The molecule has 80 valence electrons. The number of carbonyl (C=O) groups is 2. The van der Waals surface area contributed by atoms with Crippen molar-refractivity contribution < 1.29 is 9.59 Å². The Morgan fingerprint density at radius 3 is 1.29 bits per heavy atom. The van der Waals surface area contributed by atoms with E-state index in [1.807, 2.05) is 13.8 Å². The maximum absolute atomic E-state index is 9.89. The van der Waals surface area contributed by atoms with Gasteiger partial charge in [0.15, 0.2) is 0 Å². The average Bonchev–Trinajstić information content (AvgIpc) is 2.12. The summed E-state index contributed by atoms with van der Waals surface area (Å²) in [5.41, 5.74) is 9.51. The predicted molar refractivity (Wildman–Crippen MR) is 57.3 cm³/mol. The number of allylic oxidation sites excluding steroid dienone is 2. The third-order valence-corrected chi connectivity index (χ3v) is 1.04. The summed E-state index contributed by atoms with van der Waals surface area (Å²) in [6, 6.07) is 0. The van der Waals surface area contributed by atoms with E-state index in [1.165, 1.54) is 12.2 Å². The van der Waals surface area contributed by atoms with Crippen LogP contribution in [0.4, 0.5) is 0 Å². The molecule has 4 heteroatoms. The van der Waals surface area contributed by atoms with Gasteiger partial charge in [0.1, 0.15) is 0 Å². The third-order valence-electron chi connectivity index (χ3n) is 1.04. The minimum Gasteiger partial charge on any atom is -0.366 e. The highest BCUT2D eigenvalue weighted by molar-refractivity contribution is 5.85. The van der Waals surface area contributed by atoms with Crippen molar-refractivity contribution in [3.63, 3.8) is 0 Å². The molecule has 0 unspecified atom stereocenters. The summed E-state index contributed by atoms with van der Waals surface area (Å²) in [5, 5.41) is 0. The molecule has 0 aromatic rings. The van der Waals surface area contributed by atoms with Crippen molar-refractivity contribution >= 4 is 11.8 Å². The molecule has 0 aromatic carbocycles. The van der Waals surface area contributed by atoms with Crippen molar-refractivity contribution in [2.75, 3.05) is 0 Å². The highest BCUT2D eigenvalue weighted by atomic mass is 16.1. The van der Waals surface area contributed by atoms with E-state index in [-0.39, 0.29) is 11.8 Å². The topological polar surface area (TPSA) is 86.2 Å². The smallest absolute Gasteiger partial charge is 0.241 e. The molecule has 0 bridgehead atoms. The van der Waals surface area contributed by atoms with Gasteiger partial charge in [-0.1, -0.05) is 26.0 Å². The van der Waals surface area contributed by atoms with E-state index in [9.17, 15) is 9.59 Å². The van der Waals surface area contributed by atoms with Crippen LogP contribution in [0.2, 0.25) is 0 Å². The molecule has 0 saturated carbocycles. The lowest BCUT2D eigenvalue weighted by molar-refractivity contribution is -0.114. The number of amides is 2. The molecule has 0 atom stereocenters. The second-order valence-corrected chi connectivity index (χ2v) is 2.43. The fourth-order valence-electron chi connectivity index (χ4n) is 0.468. The van der Waals surface area contributed by atoms with Crippen molar-refractivity contribution in [1.29, 1.82) is 0 Å². The summed E-state index contributed by atoms with van der Waals surface area (Å²) in [6.45, 7) is 3.89. The van der Waals surface area contributed by atoms with Gasteiger partial charge in [-0.05, 0) is 25.0 Å². The fraction of sp³-hybridized carbons (Fsp3) is 0.400. The molecule has 2 amide bonds. The molecule has 0 aromatic heterocycles. The normalized spacial score (nSPS) is 9.86. The molecule has 0 aliphatic carbocycles. The van der Waals surface area contributed by atoms with Gasteiger partial charge in [0.2, 0.25) is 11.8 Å². The van der Waals surface area contributed by atoms with Gasteiger partial charge < -0.3 is 11.5 Å². The number of hydrogen-bond donors (Lipinski definition) is 2. The van der Waals surface area contributed by atoms with Crippen molar-refractivity contribution in [2.45, 2.75) is 26.7 Å². The highest BCUT2D eigenvalue weighted by Crippen LogP contribution is 1.76. The number of primary amides is 2. The maximum atomic E-state index is 9.89. The Morgan fingerprint density at radius 2 is 1.21 bits per heavy atom. The minimum atomic E-state index is -0.373. The average molecular weight is 198 g/mol. The van der Waals surface area contributed by atoms with Gasteiger partial charge in [0, 0.05) is 0 Å². The summed E-state index contributed by atoms with van der Waals surface area (Å²) >= 11 is 0. The monoisotopic (exact) mass is 198 g/mol. The van der Waals surface area contributed by atoms with Crippen LogP contribution in [-0.2, 0) is 9.59 Å². The van der Waals surface area contributed by atoms with Crippen LogP contribution in [0.3, 0.4) is 0 Å². The Bertz CT molecular complexity index is 196. The first kappa shape index (κ1) is 14.9.